The van der Waals surface area contributed by atoms with Gasteiger partial charge >= 0.3 is 0 Å². The zero-order chi connectivity index (χ0) is 13.2. The number of nitrogens with one attached hydrogen (secondary N) is 3. The molecule has 8 heteroatoms. The molecular weight excluding hydrogens is 288 g/mol. The molecule has 0 spiro atoms. The second-order valence-electron chi connectivity index (χ2n) is 4.09. The number of hydrogen-bond acceptors (Lipinski definition) is 4. The number of rotatable bonds is 5. The molecule has 0 aliphatic rings. The fraction of sp³-hybridized carbons (Fsp3) is 0.364. The van der Waals surface area contributed by atoms with Gasteiger partial charge in [0.15, 0.2) is 0 Å². The number of sulfonamides is 1. The van der Waals surface area contributed by atoms with Crippen molar-refractivity contribution in [3.63, 3.8) is 0 Å². The molecule has 1 unspecified atom stereocenters. The number of aromatic nitrogens is 2. The number of nitrogens with zero attached hydrogens (tertiary/aromatic N) is 1. The van der Waals surface area contributed by atoms with Crippen LogP contribution in [0.3, 0.4) is 0 Å². The summed E-state index contributed by atoms with van der Waals surface area (Å²) in [4.78, 5) is 7.15. The van der Waals surface area contributed by atoms with E-state index in [1.165, 1.54) is 6.20 Å². The summed E-state index contributed by atoms with van der Waals surface area (Å²) in [6, 6.07) is 3.52. The Morgan fingerprint density at radius 1 is 1.47 bits per heavy atom. The zero-order valence-electron chi connectivity index (χ0n) is 10.7. The molecule has 0 aromatic carbocycles. The summed E-state index contributed by atoms with van der Waals surface area (Å²) in [6.07, 6.45) is 3.08. The van der Waals surface area contributed by atoms with Crippen molar-refractivity contribution >= 4 is 33.5 Å². The molecular formula is C11H17ClN4O2S. The van der Waals surface area contributed by atoms with Gasteiger partial charge in [0.25, 0.3) is 0 Å². The number of H-pyrrole nitrogens is 1. The molecule has 2 rings (SSSR count). The van der Waals surface area contributed by atoms with Gasteiger partial charge in [-0.25, -0.2) is 18.1 Å². The Morgan fingerprint density at radius 2 is 2.21 bits per heavy atom. The van der Waals surface area contributed by atoms with E-state index in [1.54, 1.807) is 25.4 Å². The van der Waals surface area contributed by atoms with Gasteiger partial charge in [0.1, 0.15) is 10.5 Å². The SMILES string of the molecule is CNC(C)CNS(=O)(=O)c1c[nH]c2ncccc12.Cl. The van der Waals surface area contributed by atoms with Crippen LogP contribution in [-0.4, -0.2) is 38.0 Å². The van der Waals surface area contributed by atoms with Gasteiger partial charge in [-0.3, -0.25) is 0 Å². The quantitative estimate of drug-likeness (QED) is 0.765. The van der Waals surface area contributed by atoms with E-state index in [0.29, 0.717) is 17.6 Å². The Labute approximate surface area is 118 Å². The van der Waals surface area contributed by atoms with Gasteiger partial charge in [0, 0.05) is 30.4 Å². The summed E-state index contributed by atoms with van der Waals surface area (Å²) in [7, 11) is -1.72. The predicted molar refractivity (Wildman–Crippen MR) is 77.1 cm³/mol. The molecule has 2 aromatic rings. The first-order chi connectivity index (χ1) is 8.54. The molecule has 2 heterocycles. The molecule has 0 radical (unpaired) electrons. The van der Waals surface area contributed by atoms with Gasteiger partial charge in [-0.15, -0.1) is 12.4 Å². The van der Waals surface area contributed by atoms with Crippen LogP contribution in [0.15, 0.2) is 29.4 Å². The van der Waals surface area contributed by atoms with Gasteiger partial charge < -0.3 is 10.3 Å². The molecule has 0 bridgehead atoms. The molecule has 3 N–H and O–H groups in total. The largest absolute Gasteiger partial charge is 0.345 e. The Morgan fingerprint density at radius 3 is 2.89 bits per heavy atom. The Hall–Kier alpha value is -1.15. The second kappa shape index (κ2) is 6.33. The van der Waals surface area contributed by atoms with Gasteiger partial charge in [0.05, 0.1) is 0 Å². The average molecular weight is 305 g/mol. The highest BCUT2D eigenvalue weighted by Crippen LogP contribution is 2.20. The lowest BCUT2D eigenvalue weighted by Crippen LogP contribution is -2.37. The van der Waals surface area contributed by atoms with Crippen molar-refractivity contribution in [2.24, 2.45) is 0 Å². The normalized spacial score (nSPS) is 13.2. The summed E-state index contributed by atoms with van der Waals surface area (Å²) in [6.45, 7) is 2.24. The third kappa shape index (κ3) is 3.44. The predicted octanol–water partition coefficient (Wildman–Crippen LogP) is 0.871. The summed E-state index contributed by atoms with van der Waals surface area (Å²) >= 11 is 0. The monoisotopic (exact) mass is 304 g/mol. The van der Waals surface area contributed by atoms with Crippen LogP contribution in [0.1, 0.15) is 6.92 Å². The van der Waals surface area contributed by atoms with Crippen molar-refractivity contribution in [1.82, 2.24) is 20.0 Å². The zero-order valence-corrected chi connectivity index (χ0v) is 12.3. The summed E-state index contributed by atoms with van der Waals surface area (Å²) in [5.74, 6) is 0. The van der Waals surface area contributed by atoms with Crippen LogP contribution < -0.4 is 10.0 Å². The van der Waals surface area contributed by atoms with Gasteiger partial charge in [-0.2, -0.15) is 0 Å². The van der Waals surface area contributed by atoms with Crippen LogP contribution in [-0.2, 0) is 10.0 Å². The first-order valence-electron chi connectivity index (χ1n) is 5.63. The fourth-order valence-electron chi connectivity index (χ4n) is 1.57. The van der Waals surface area contributed by atoms with Crippen molar-refractivity contribution in [2.75, 3.05) is 13.6 Å². The van der Waals surface area contributed by atoms with Gasteiger partial charge in [0.2, 0.25) is 10.0 Å². The van der Waals surface area contributed by atoms with E-state index in [1.807, 2.05) is 6.92 Å². The smallest absolute Gasteiger partial charge is 0.242 e. The van der Waals surface area contributed by atoms with Crippen molar-refractivity contribution in [3.8, 4) is 0 Å². The van der Waals surface area contributed by atoms with Crippen LogP contribution in [0.4, 0.5) is 0 Å². The molecule has 0 fully saturated rings. The third-order valence-electron chi connectivity index (χ3n) is 2.78. The van der Waals surface area contributed by atoms with Crippen LogP contribution in [0.5, 0.6) is 0 Å². The van der Waals surface area contributed by atoms with Crippen molar-refractivity contribution < 1.29 is 8.42 Å². The van der Waals surface area contributed by atoms with Crippen molar-refractivity contribution in [2.45, 2.75) is 17.9 Å². The number of fused-ring (bicyclic) bond motifs is 1. The van der Waals surface area contributed by atoms with Crippen molar-refractivity contribution in [3.05, 3.63) is 24.5 Å². The summed E-state index contributed by atoms with van der Waals surface area (Å²) in [5.41, 5.74) is 0.569. The molecule has 19 heavy (non-hydrogen) atoms. The van der Waals surface area contributed by atoms with E-state index in [4.69, 9.17) is 0 Å². The van der Waals surface area contributed by atoms with Crippen LogP contribution in [0.25, 0.3) is 11.0 Å². The molecule has 0 saturated carbocycles. The maximum Gasteiger partial charge on any atom is 0.242 e. The minimum atomic E-state index is -3.51. The maximum atomic E-state index is 12.1. The highest BCUT2D eigenvalue weighted by atomic mass is 35.5. The number of likely N-dealkylation sites (N-methyl/N-ethyl adjacent to an activating group) is 1. The van der Waals surface area contributed by atoms with Crippen LogP contribution >= 0.6 is 12.4 Å². The van der Waals surface area contributed by atoms with E-state index in [0.717, 1.165) is 0 Å². The van der Waals surface area contributed by atoms with E-state index >= 15 is 0 Å². The summed E-state index contributed by atoms with van der Waals surface area (Å²) < 4.78 is 26.8. The maximum absolute atomic E-state index is 12.1. The van der Waals surface area contributed by atoms with Gasteiger partial charge in [-0.1, -0.05) is 0 Å². The molecule has 0 saturated heterocycles. The molecule has 1 atom stereocenters. The summed E-state index contributed by atoms with van der Waals surface area (Å²) in [5, 5.41) is 3.57. The van der Waals surface area contributed by atoms with Crippen molar-refractivity contribution in [1.29, 1.82) is 0 Å². The fourth-order valence-corrected chi connectivity index (χ4v) is 2.86. The van der Waals surface area contributed by atoms with Crippen LogP contribution in [0.2, 0.25) is 0 Å². The lowest BCUT2D eigenvalue weighted by Gasteiger charge is -2.11. The standard InChI is InChI=1S/C11H16N4O2S.ClH/c1-8(12-2)6-15-18(16,17)10-7-14-11-9(10)4-3-5-13-11;/h3-5,7-8,12,15H,6H2,1-2H3,(H,13,14);1H. The van der Waals surface area contributed by atoms with E-state index < -0.39 is 10.0 Å². The molecule has 0 aliphatic heterocycles. The highest BCUT2D eigenvalue weighted by molar-refractivity contribution is 7.89. The molecule has 6 nitrogen and oxygen atoms in total. The first-order valence-corrected chi connectivity index (χ1v) is 7.12. The first kappa shape index (κ1) is 15.9. The lowest BCUT2D eigenvalue weighted by atomic mass is 10.3. The lowest BCUT2D eigenvalue weighted by molar-refractivity contribution is 0.555. The second-order valence-corrected chi connectivity index (χ2v) is 5.83. The minimum Gasteiger partial charge on any atom is -0.345 e. The molecule has 2 aromatic heterocycles. The minimum absolute atomic E-state index is 0. The Balaban J connectivity index is 0.00000180. The average Bonchev–Trinajstić information content (AvgIpc) is 2.80. The number of aromatic amines is 1. The number of hydrogen-bond donors (Lipinski definition) is 3. The van der Waals surface area contributed by atoms with E-state index in [2.05, 4.69) is 20.0 Å². The van der Waals surface area contributed by atoms with E-state index in [-0.39, 0.29) is 23.3 Å². The highest BCUT2D eigenvalue weighted by Gasteiger charge is 2.19. The van der Waals surface area contributed by atoms with E-state index in [9.17, 15) is 8.42 Å². The molecule has 106 valence electrons. The molecule has 0 aliphatic carbocycles. The third-order valence-corrected chi connectivity index (χ3v) is 4.24. The number of halogens is 1. The number of pyridine rings is 1. The Kier molecular flexibility index (Phi) is 5.30. The van der Waals surface area contributed by atoms with Gasteiger partial charge in [-0.05, 0) is 26.1 Å². The molecule has 0 amide bonds. The topological polar surface area (TPSA) is 86.9 Å². The van der Waals surface area contributed by atoms with Crippen LogP contribution in [0, 0.1) is 0 Å². The Bertz CT molecular complexity index is 641.